The predicted octanol–water partition coefficient (Wildman–Crippen LogP) is 1.52. The third kappa shape index (κ3) is 9.02. The van der Waals surface area contributed by atoms with Gasteiger partial charge in [0.25, 0.3) is 5.91 Å². The first-order valence-corrected chi connectivity index (χ1v) is 10.6. The number of hydrogen-bond donors (Lipinski definition) is 3. The van der Waals surface area contributed by atoms with Crippen molar-refractivity contribution >= 4 is 41.8 Å². The maximum Gasteiger partial charge on any atom is 0.251 e. The van der Waals surface area contributed by atoms with Crippen LogP contribution in [0.1, 0.15) is 36.2 Å². The highest BCUT2D eigenvalue weighted by molar-refractivity contribution is 14.0. The van der Waals surface area contributed by atoms with Gasteiger partial charge in [0.05, 0.1) is 0 Å². The van der Waals surface area contributed by atoms with E-state index in [2.05, 4.69) is 20.9 Å². The van der Waals surface area contributed by atoms with Crippen molar-refractivity contribution in [3.05, 3.63) is 35.4 Å². The number of halogens is 1. The van der Waals surface area contributed by atoms with E-state index in [9.17, 15) is 9.59 Å². The number of guanidine groups is 1. The maximum atomic E-state index is 12.3. The summed E-state index contributed by atoms with van der Waals surface area (Å²) in [6.07, 6.45) is 0.905. The predicted molar refractivity (Wildman–Crippen MR) is 136 cm³/mol. The summed E-state index contributed by atoms with van der Waals surface area (Å²) in [5.74, 6) is 0.846. The van der Waals surface area contributed by atoms with Crippen LogP contribution in [0.4, 0.5) is 0 Å². The first-order valence-electron chi connectivity index (χ1n) is 10.6. The first kappa shape index (κ1) is 27.2. The number of rotatable bonds is 8. The van der Waals surface area contributed by atoms with Gasteiger partial charge in [-0.2, -0.15) is 0 Å². The molecule has 0 aliphatic carbocycles. The van der Waals surface area contributed by atoms with Crippen molar-refractivity contribution in [1.29, 1.82) is 0 Å². The molecule has 8 nitrogen and oxygen atoms in total. The van der Waals surface area contributed by atoms with Gasteiger partial charge in [0.2, 0.25) is 5.91 Å². The van der Waals surface area contributed by atoms with Crippen molar-refractivity contribution in [2.24, 2.45) is 10.9 Å². The fraction of sp³-hybridized carbons (Fsp3) is 0.591. The summed E-state index contributed by atoms with van der Waals surface area (Å²) in [6, 6.07) is 7.77. The number of nitrogens with zero attached hydrogens (tertiary/aromatic N) is 3. The Bertz CT molecular complexity index is 753. The van der Waals surface area contributed by atoms with E-state index in [0.29, 0.717) is 31.2 Å². The van der Waals surface area contributed by atoms with E-state index in [1.807, 2.05) is 62.0 Å². The van der Waals surface area contributed by atoms with Crippen LogP contribution < -0.4 is 16.0 Å². The molecule has 0 saturated carbocycles. The molecule has 0 spiro atoms. The molecule has 0 radical (unpaired) electrons. The lowest BCUT2D eigenvalue weighted by atomic mass is 10.1. The number of amides is 2. The largest absolute Gasteiger partial charge is 0.352 e. The Kier molecular flexibility index (Phi) is 11.8. The van der Waals surface area contributed by atoms with E-state index in [1.165, 1.54) is 0 Å². The molecule has 1 aromatic carbocycles. The van der Waals surface area contributed by atoms with Crippen LogP contribution in [0.15, 0.2) is 29.3 Å². The minimum absolute atomic E-state index is 0. The molecule has 9 heteroatoms. The molecule has 31 heavy (non-hydrogen) atoms. The van der Waals surface area contributed by atoms with Crippen LogP contribution in [-0.2, 0) is 11.3 Å². The van der Waals surface area contributed by atoms with Crippen LogP contribution in [0.2, 0.25) is 0 Å². The van der Waals surface area contributed by atoms with Gasteiger partial charge >= 0.3 is 0 Å². The SMILES string of the molecule is CN=C(NCc1cccc(C(=O)NCCN(C)C)c1)NC1CCN(C(=O)C(C)C)C1.I. The van der Waals surface area contributed by atoms with Gasteiger partial charge in [0, 0.05) is 57.3 Å². The molecule has 0 aromatic heterocycles. The van der Waals surface area contributed by atoms with E-state index >= 15 is 0 Å². The van der Waals surface area contributed by atoms with E-state index in [-0.39, 0.29) is 47.8 Å². The molecule has 1 aliphatic heterocycles. The third-order valence-electron chi connectivity index (χ3n) is 5.05. The summed E-state index contributed by atoms with van der Waals surface area (Å²) in [4.78, 5) is 32.7. The third-order valence-corrected chi connectivity index (χ3v) is 5.05. The van der Waals surface area contributed by atoms with Crippen molar-refractivity contribution < 1.29 is 9.59 Å². The second kappa shape index (κ2) is 13.5. The first-order chi connectivity index (χ1) is 14.3. The molecule has 2 amide bonds. The highest BCUT2D eigenvalue weighted by Crippen LogP contribution is 2.13. The van der Waals surface area contributed by atoms with Crippen LogP contribution in [-0.4, -0.2) is 80.9 Å². The average molecular weight is 544 g/mol. The average Bonchev–Trinajstić information content (AvgIpc) is 3.18. The van der Waals surface area contributed by atoms with Crippen molar-refractivity contribution in [3.63, 3.8) is 0 Å². The summed E-state index contributed by atoms with van der Waals surface area (Å²) >= 11 is 0. The zero-order valence-electron chi connectivity index (χ0n) is 19.3. The number of aliphatic imine (C=N–C) groups is 1. The molecule has 1 heterocycles. The van der Waals surface area contributed by atoms with Crippen molar-refractivity contribution in [1.82, 2.24) is 25.8 Å². The second-order valence-electron chi connectivity index (χ2n) is 8.25. The monoisotopic (exact) mass is 544 g/mol. The van der Waals surface area contributed by atoms with Crippen molar-refractivity contribution in [2.75, 3.05) is 47.3 Å². The Morgan fingerprint density at radius 2 is 2.00 bits per heavy atom. The number of nitrogens with one attached hydrogen (secondary N) is 3. The summed E-state index contributed by atoms with van der Waals surface area (Å²) < 4.78 is 0. The van der Waals surface area contributed by atoms with Gasteiger partial charge in [-0.3, -0.25) is 14.6 Å². The number of likely N-dealkylation sites (N-methyl/N-ethyl adjacent to an activating group) is 1. The highest BCUT2D eigenvalue weighted by Gasteiger charge is 2.27. The molecule has 1 atom stereocenters. The number of carbonyl (C=O) groups is 2. The molecule has 1 fully saturated rings. The van der Waals surface area contributed by atoms with Gasteiger partial charge in [-0.15, -0.1) is 24.0 Å². The number of likely N-dealkylation sites (tertiary alicyclic amines) is 1. The lowest BCUT2D eigenvalue weighted by molar-refractivity contribution is -0.133. The van der Waals surface area contributed by atoms with Crippen LogP contribution in [0.25, 0.3) is 0 Å². The minimum Gasteiger partial charge on any atom is -0.352 e. The highest BCUT2D eigenvalue weighted by atomic mass is 127. The summed E-state index contributed by atoms with van der Waals surface area (Å²) in [7, 11) is 5.69. The smallest absolute Gasteiger partial charge is 0.251 e. The molecule has 2 rings (SSSR count). The number of benzene rings is 1. The molecule has 1 aliphatic rings. The number of hydrogen-bond acceptors (Lipinski definition) is 4. The normalized spacial score (nSPS) is 16.3. The lowest BCUT2D eigenvalue weighted by Gasteiger charge is -2.20. The van der Waals surface area contributed by atoms with Crippen molar-refractivity contribution in [2.45, 2.75) is 32.9 Å². The molecular weight excluding hydrogens is 507 g/mol. The van der Waals surface area contributed by atoms with E-state index in [0.717, 1.165) is 25.1 Å². The summed E-state index contributed by atoms with van der Waals surface area (Å²) in [5, 5.41) is 9.63. The standard InChI is InChI=1S/C22H36N6O2.HI/c1-16(2)21(30)28-11-9-19(15-28)26-22(23-3)25-14-17-7-6-8-18(13-17)20(29)24-10-12-27(4)5;/h6-8,13,16,19H,9-12,14-15H2,1-5H3,(H,24,29)(H2,23,25,26);1H. The van der Waals surface area contributed by atoms with Crippen molar-refractivity contribution in [3.8, 4) is 0 Å². The molecule has 0 bridgehead atoms. The van der Waals surface area contributed by atoms with Gasteiger partial charge in [-0.1, -0.05) is 26.0 Å². The minimum atomic E-state index is -0.0675. The van der Waals surface area contributed by atoms with Crippen LogP contribution in [0, 0.1) is 5.92 Å². The Balaban J connectivity index is 0.00000480. The van der Waals surface area contributed by atoms with Gasteiger partial charge in [0.15, 0.2) is 5.96 Å². The molecular formula is C22H37IN6O2. The Morgan fingerprint density at radius 1 is 1.26 bits per heavy atom. The lowest BCUT2D eigenvalue weighted by Crippen LogP contribution is -2.45. The fourth-order valence-corrected chi connectivity index (χ4v) is 3.33. The topological polar surface area (TPSA) is 89.1 Å². The molecule has 1 unspecified atom stereocenters. The zero-order valence-corrected chi connectivity index (χ0v) is 21.6. The Hall–Kier alpha value is -1.88. The van der Waals surface area contributed by atoms with Gasteiger partial charge in [0.1, 0.15) is 0 Å². The summed E-state index contributed by atoms with van der Waals surface area (Å²) in [5.41, 5.74) is 1.65. The number of carbonyl (C=O) groups excluding carboxylic acids is 2. The Morgan fingerprint density at radius 3 is 2.65 bits per heavy atom. The quantitative estimate of drug-likeness (QED) is 0.263. The van der Waals surface area contributed by atoms with Gasteiger partial charge in [-0.25, -0.2) is 0 Å². The van der Waals surface area contributed by atoms with Gasteiger partial charge in [-0.05, 0) is 38.2 Å². The van der Waals surface area contributed by atoms with E-state index < -0.39 is 0 Å². The van der Waals surface area contributed by atoms with Crippen LogP contribution in [0.3, 0.4) is 0 Å². The maximum absolute atomic E-state index is 12.3. The zero-order chi connectivity index (χ0) is 22.1. The Labute approximate surface area is 203 Å². The molecule has 1 aromatic rings. The summed E-state index contributed by atoms with van der Waals surface area (Å²) in [6.45, 7) is 7.30. The van der Waals surface area contributed by atoms with E-state index in [1.54, 1.807) is 7.05 Å². The van der Waals surface area contributed by atoms with Crippen LogP contribution in [0.5, 0.6) is 0 Å². The van der Waals surface area contributed by atoms with E-state index in [4.69, 9.17) is 0 Å². The molecule has 1 saturated heterocycles. The van der Waals surface area contributed by atoms with Crippen LogP contribution >= 0.6 is 24.0 Å². The molecule has 174 valence electrons. The second-order valence-corrected chi connectivity index (χ2v) is 8.25. The molecule has 3 N–H and O–H groups in total. The van der Waals surface area contributed by atoms with Gasteiger partial charge < -0.3 is 25.8 Å². The fourth-order valence-electron chi connectivity index (χ4n) is 3.33.